The summed E-state index contributed by atoms with van der Waals surface area (Å²) in [4.78, 5) is 30.2. The van der Waals surface area contributed by atoms with Crippen LogP contribution in [0.25, 0.3) is 0 Å². The molecular weight excluding hydrogens is 316 g/mol. The third-order valence-corrected chi connectivity index (χ3v) is 4.05. The summed E-state index contributed by atoms with van der Waals surface area (Å²) < 4.78 is 26.5. The maximum absolute atomic E-state index is 13.4. The summed E-state index contributed by atoms with van der Waals surface area (Å²) >= 11 is 0. The lowest BCUT2D eigenvalue weighted by atomic mass is 10.2. The highest BCUT2D eigenvalue weighted by atomic mass is 19.2. The molecule has 0 saturated carbocycles. The van der Waals surface area contributed by atoms with Crippen molar-refractivity contribution >= 4 is 11.6 Å². The van der Waals surface area contributed by atoms with Crippen molar-refractivity contribution in [1.82, 2.24) is 9.88 Å². The molecule has 3 rings (SSSR count). The molecule has 7 heteroatoms. The Hall–Kier alpha value is -2.70. The lowest BCUT2D eigenvalue weighted by Gasteiger charge is -2.23. The van der Waals surface area contributed by atoms with E-state index in [1.165, 1.54) is 30.5 Å². The molecule has 24 heavy (non-hydrogen) atoms. The van der Waals surface area contributed by atoms with E-state index in [2.05, 4.69) is 4.98 Å². The van der Waals surface area contributed by atoms with Gasteiger partial charge in [-0.2, -0.15) is 0 Å². The Morgan fingerprint density at radius 2 is 1.83 bits per heavy atom. The SMILES string of the molecule is O=C(c1cc(=O)cc[nH]1)N1CCCN(c2ccc(F)c(F)c2)CC1. The predicted octanol–water partition coefficient (Wildman–Crippen LogP) is 2.01. The fraction of sp³-hybridized carbons (Fsp3) is 0.294. The van der Waals surface area contributed by atoms with Gasteiger partial charge < -0.3 is 14.8 Å². The number of anilines is 1. The van der Waals surface area contributed by atoms with Crippen LogP contribution >= 0.6 is 0 Å². The molecule has 0 spiro atoms. The zero-order valence-electron chi connectivity index (χ0n) is 13.0. The van der Waals surface area contributed by atoms with Crippen LogP contribution in [0.5, 0.6) is 0 Å². The first-order chi connectivity index (χ1) is 11.5. The fourth-order valence-corrected chi connectivity index (χ4v) is 2.80. The van der Waals surface area contributed by atoms with Crippen LogP contribution in [-0.4, -0.2) is 42.0 Å². The third-order valence-electron chi connectivity index (χ3n) is 4.05. The van der Waals surface area contributed by atoms with Gasteiger partial charge in [-0.1, -0.05) is 0 Å². The van der Waals surface area contributed by atoms with E-state index >= 15 is 0 Å². The molecular formula is C17H17F2N3O2. The molecule has 1 aliphatic rings. The van der Waals surface area contributed by atoms with Gasteiger partial charge in [0.25, 0.3) is 5.91 Å². The van der Waals surface area contributed by atoms with Crippen LogP contribution in [0.3, 0.4) is 0 Å². The highest BCUT2D eigenvalue weighted by Gasteiger charge is 2.21. The van der Waals surface area contributed by atoms with E-state index in [0.717, 1.165) is 6.07 Å². The minimum absolute atomic E-state index is 0.227. The van der Waals surface area contributed by atoms with Gasteiger partial charge in [0.05, 0.1) is 0 Å². The molecule has 1 amide bonds. The topological polar surface area (TPSA) is 56.4 Å². The van der Waals surface area contributed by atoms with Crippen LogP contribution in [0.15, 0.2) is 41.3 Å². The maximum Gasteiger partial charge on any atom is 0.270 e. The molecule has 2 aromatic rings. The average molecular weight is 333 g/mol. The smallest absolute Gasteiger partial charge is 0.270 e. The van der Waals surface area contributed by atoms with Gasteiger partial charge in [0.15, 0.2) is 17.1 Å². The lowest BCUT2D eigenvalue weighted by molar-refractivity contribution is 0.0761. The second-order valence-electron chi connectivity index (χ2n) is 5.67. The summed E-state index contributed by atoms with van der Waals surface area (Å²) in [6.07, 6.45) is 2.14. The fourth-order valence-electron chi connectivity index (χ4n) is 2.80. The summed E-state index contributed by atoms with van der Waals surface area (Å²) in [7, 11) is 0. The van der Waals surface area contributed by atoms with Crippen molar-refractivity contribution in [1.29, 1.82) is 0 Å². The zero-order valence-corrected chi connectivity index (χ0v) is 13.0. The number of rotatable bonds is 2. The van der Waals surface area contributed by atoms with Crippen LogP contribution in [0.2, 0.25) is 0 Å². The number of pyridine rings is 1. The summed E-state index contributed by atoms with van der Waals surface area (Å²) in [6.45, 7) is 2.12. The highest BCUT2D eigenvalue weighted by Crippen LogP contribution is 2.20. The molecule has 1 aromatic carbocycles. The molecule has 5 nitrogen and oxygen atoms in total. The lowest BCUT2D eigenvalue weighted by Crippen LogP contribution is -2.36. The monoisotopic (exact) mass is 333 g/mol. The minimum atomic E-state index is -0.883. The standard InChI is InChI=1S/C17H17F2N3O2/c18-14-3-2-12(10-15(14)19)21-6-1-7-22(9-8-21)17(24)16-11-13(23)4-5-20-16/h2-5,10-11H,1,6-9H2,(H,20,23). The van der Waals surface area contributed by atoms with E-state index in [9.17, 15) is 18.4 Å². The second-order valence-corrected chi connectivity index (χ2v) is 5.67. The number of benzene rings is 1. The van der Waals surface area contributed by atoms with Gasteiger partial charge in [-0.15, -0.1) is 0 Å². The molecule has 1 saturated heterocycles. The van der Waals surface area contributed by atoms with Gasteiger partial charge in [-0.25, -0.2) is 8.78 Å². The Morgan fingerprint density at radius 1 is 1.00 bits per heavy atom. The number of carbonyl (C=O) groups is 1. The van der Waals surface area contributed by atoms with Gasteiger partial charge >= 0.3 is 0 Å². The summed E-state index contributed by atoms with van der Waals surface area (Å²) in [6, 6.07) is 6.43. The summed E-state index contributed by atoms with van der Waals surface area (Å²) in [5.74, 6) is -2.00. The first-order valence-electron chi connectivity index (χ1n) is 7.72. The van der Waals surface area contributed by atoms with Crippen molar-refractivity contribution in [2.24, 2.45) is 0 Å². The highest BCUT2D eigenvalue weighted by molar-refractivity contribution is 5.92. The van der Waals surface area contributed by atoms with Crippen LogP contribution in [-0.2, 0) is 0 Å². The van der Waals surface area contributed by atoms with Gasteiger partial charge in [-0.3, -0.25) is 9.59 Å². The number of hydrogen-bond donors (Lipinski definition) is 1. The van der Waals surface area contributed by atoms with Crippen LogP contribution in [0.4, 0.5) is 14.5 Å². The molecule has 2 heterocycles. The number of carbonyl (C=O) groups excluding carboxylic acids is 1. The average Bonchev–Trinajstić information content (AvgIpc) is 2.83. The quantitative estimate of drug-likeness (QED) is 0.915. The maximum atomic E-state index is 13.4. The van der Waals surface area contributed by atoms with Gasteiger partial charge in [-0.05, 0) is 18.6 Å². The number of halogens is 2. The van der Waals surface area contributed by atoms with Crippen molar-refractivity contribution in [2.45, 2.75) is 6.42 Å². The van der Waals surface area contributed by atoms with Gasteiger partial charge in [0.2, 0.25) is 0 Å². The predicted molar refractivity (Wildman–Crippen MR) is 86.2 cm³/mol. The summed E-state index contributed by atoms with van der Waals surface area (Å²) in [5, 5.41) is 0. The molecule has 0 radical (unpaired) electrons. The van der Waals surface area contributed by atoms with Crippen molar-refractivity contribution in [3.8, 4) is 0 Å². The Balaban J connectivity index is 1.71. The van der Waals surface area contributed by atoms with Crippen LogP contribution < -0.4 is 10.3 Å². The number of aromatic amines is 1. The normalized spacial score (nSPS) is 15.2. The minimum Gasteiger partial charge on any atom is -0.370 e. The summed E-state index contributed by atoms with van der Waals surface area (Å²) in [5.41, 5.74) is 0.621. The van der Waals surface area contributed by atoms with Crippen molar-refractivity contribution < 1.29 is 13.6 Å². The van der Waals surface area contributed by atoms with Crippen molar-refractivity contribution in [2.75, 3.05) is 31.1 Å². The van der Waals surface area contributed by atoms with Gasteiger partial charge in [0.1, 0.15) is 5.69 Å². The van der Waals surface area contributed by atoms with E-state index in [0.29, 0.717) is 38.3 Å². The van der Waals surface area contributed by atoms with E-state index in [1.807, 2.05) is 4.90 Å². The van der Waals surface area contributed by atoms with Crippen molar-refractivity contribution in [3.63, 3.8) is 0 Å². The van der Waals surface area contributed by atoms with Crippen molar-refractivity contribution in [3.05, 3.63) is 64.1 Å². The number of aromatic nitrogens is 1. The molecule has 1 N–H and O–H groups in total. The third kappa shape index (κ3) is 3.45. The van der Waals surface area contributed by atoms with Crippen LogP contribution in [0, 0.1) is 11.6 Å². The Bertz CT molecular complexity index is 806. The van der Waals surface area contributed by atoms with Crippen LogP contribution in [0.1, 0.15) is 16.9 Å². The molecule has 1 aromatic heterocycles. The number of hydrogen-bond acceptors (Lipinski definition) is 3. The number of nitrogens with one attached hydrogen (secondary N) is 1. The first-order valence-corrected chi connectivity index (χ1v) is 7.72. The zero-order chi connectivity index (χ0) is 17.1. The Morgan fingerprint density at radius 3 is 2.58 bits per heavy atom. The van der Waals surface area contributed by atoms with E-state index in [1.54, 1.807) is 4.90 Å². The van der Waals surface area contributed by atoms with E-state index in [-0.39, 0.29) is 17.0 Å². The Labute approximate surface area is 137 Å². The molecule has 0 aliphatic carbocycles. The molecule has 1 aliphatic heterocycles. The Kier molecular flexibility index (Phi) is 4.59. The van der Waals surface area contributed by atoms with Gasteiger partial charge in [0, 0.05) is 56.3 Å². The molecule has 0 atom stereocenters. The van der Waals surface area contributed by atoms with E-state index in [4.69, 9.17) is 0 Å². The molecule has 0 unspecified atom stereocenters. The molecule has 126 valence electrons. The first kappa shape index (κ1) is 16.2. The number of nitrogens with zero attached hydrogens (tertiary/aromatic N) is 2. The molecule has 1 fully saturated rings. The van der Waals surface area contributed by atoms with E-state index < -0.39 is 11.6 Å². The second kappa shape index (κ2) is 6.82. The number of H-pyrrole nitrogens is 1. The largest absolute Gasteiger partial charge is 0.370 e. The number of amides is 1. The molecule has 0 bridgehead atoms.